The first-order valence-electron chi connectivity index (χ1n) is 9.32. The summed E-state index contributed by atoms with van der Waals surface area (Å²) in [6.07, 6.45) is 1.76. The van der Waals surface area contributed by atoms with Gasteiger partial charge in [0.05, 0.1) is 4.91 Å². The van der Waals surface area contributed by atoms with E-state index in [2.05, 4.69) is 25.8 Å². The zero-order chi connectivity index (χ0) is 21.3. The SMILES string of the molecule is Cc1cc(/C=C2/SC(=O)NC2=O)c(C)n1-c1ccc(OCc2ccc(Br)cc2)cc1. The summed E-state index contributed by atoms with van der Waals surface area (Å²) in [5.41, 5.74) is 5.05. The first-order valence-corrected chi connectivity index (χ1v) is 10.9. The molecule has 152 valence electrons. The summed E-state index contributed by atoms with van der Waals surface area (Å²) >= 11 is 4.36. The minimum Gasteiger partial charge on any atom is -0.489 e. The number of ether oxygens (including phenoxy) is 1. The molecule has 30 heavy (non-hydrogen) atoms. The van der Waals surface area contributed by atoms with Gasteiger partial charge >= 0.3 is 0 Å². The maximum absolute atomic E-state index is 11.8. The minimum absolute atomic E-state index is 0.334. The van der Waals surface area contributed by atoms with E-state index >= 15 is 0 Å². The van der Waals surface area contributed by atoms with Gasteiger partial charge in [-0.05, 0) is 85.3 Å². The zero-order valence-electron chi connectivity index (χ0n) is 16.4. The number of rotatable bonds is 5. The highest BCUT2D eigenvalue weighted by molar-refractivity contribution is 9.10. The number of thioether (sulfide) groups is 1. The van der Waals surface area contributed by atoms with Crippen molar-refractivity contribution in [2.75, 3.05) is 0 Å². The molecule has 1 aliphatic rings. The number of carbonyl (C=O) groups is 2. The van der Waals surface area contributed by atoms with Gasteiger partial charge in [-0.1, -0.05) is 28.1 Å². The zero-order valence-corrected chi connectivity index (χ0v) is 18.8. The van der Waals surface area contributed by atoms with E-state index in [9.17, 15) is 9.59 Å². The third kappa shape index (κ3) is 4.37. The van der Waals surface area contributed by atoms with Crippen LogP contribution in [0.3, 0.4) is 0 Å². The van der Waals surface area contributed by atoms with Crippen LogP contribution in [0.4, 0.5) is 4.79 Å². The van der Waals surface area contributed by atoms with Crippen LogP contribution in [0.1, 0.15) is 22.5 Å². The molecule has 5 nitrogen and oxygen atoms in total. The van der Waals surface area contributed by atoms with Crippen molar-refractivity contribution in [3.63, 3.8) is 0 Å². The molecule has 7 heteroatoms. The van der Waals surface area contributed by atoms with Crippen molar-refractivity contribution in [2.45, 2.75) is 20.5 Å². The van der Waals surface area contributed by atoms with Crippen LogP contribution >= 0.6 is 27.7 Å². The van der Waals surface area contributed by atoms with Crippen molar-refractivity contribution < 1.29 is 14.3 Å². The van der Waals surface area contributed by atoms with Gasteiger partial charge < -0.3 is 9.30 Å². The highest BCUT2D eigenvalue weighted by atomic mass is 79.9. The Hall–Kier alpha value is -2.77. The number of benzene rings is 2. The average molecular weight is 483 g/mol. The van der Waals surface area contributed by atoms with Gasteiger partial charge in [-0.2, -0.15) is 0 Å². The summed E-state index contributed by atoms with van der Waals surface area (Å²) in [5, 5.41) is 1.95. The van der Waals surface area contributed by atoms with Gasteiger partial charge in [0.2, 0.25) is 0 Å². The van der Waals surface area contributed by atoms with Crippen molar-refractivity contribution in [3.05, 3.63) is 86.5 Å². The summed E-state index contributed by atoms with van der Waals surface area (Å²) in [6, 6.07) is 18.0. The Kier molecular flexibility index (Phi) is 5.83. The number of nitrogens with one attached hydrogen (secondary N) is 1. The van der Waals surface area contributed by atoms with Gasteiger partial charge in [0.25, 0.3) is 11.1 Å². The Morgan fingerprint density at radius 1 is 1.07 bits per heavy atom. The van der Waals surface area contributed by atoms with Crippen molar-refractivity contribution in [2.24, 2.45) is 0 Å². The summed E-state index contributed by atoms with van der Waals surface area (Å²) in [4.78, 5) is 23.6. The molecule has 4 rings (SSSR count). The van der Waals surface area contributed by atoms with E-state index in [1.54, 1.807) is 6.08 Å². The molecule has 0 unspecified atom stereocenters. The number of aryl methyl sites for hydroxylation is 1. The van der Waals surface area contributed by atoms with Crippen molar-refractivity contribution in [1.82, 2.24) is 9.88 Å². The quantitative estimate of drug-likeness (QED) is 0.469. The molecule has 0 spiro atoms. The van der Waals surface area contributed by atoms with Gasteiger partial charge in [0, 0.05) is 21.5 Å². The highest BCUT2D eigenvalue weighted by Crippen LogP contribution is 2.29. The first-order chi connectivity index (χ1) is 14.4. The first kappa shape index (κ1) is 20.5. The summed E-state index contributed by atoms with van der Waals surface area (Å²) in [6.45, 7) is 4.51. The Balaban J connectivity index is 1.52. The molecule has 1 saturated heterocycles. The smallest absolute Gasteiger partial charge is 0.290 e. The highest BCUT2D eigenvalue weighted by Gasteiger charge is 2.25. The number of nitrogens with zero attached hydrogens (tertiary/aromatic N) is 1. The number of amides is 2. The Bertz CT molecular complexity index is 1150. The standard InChI is InChI=1S/C23H19BrN2O3S/c1-14-11-17(12-21-22(27)25-23(28)30-21)15(2)26(14)19-7-9-20(10-8-19)29-13-16-3-5-18(24)6-4-16/h3-12H,13H2,1-2H3,(H,25,27,28)/b21-12+. The molecule has 0 atom stereocenters. The normalized spacial score (nSPS) is 15.0. The molecule has 3 aromatic rings. The third-order valence-electron chi connectivity index (χ3n) is 4.81. The van der Waals surface area contributed by atoms with Gasteiger partial charge in [-0.3, -0.25) is 14.9 Å². The van der Waals surface area contributed by atoms with Crippen LogP contribution in [-0.2, 0) is 11.4 Å². The topological polar surface area (TPSA) is 60.3 Å². The summed E-state index contributed by atoms with van der Waals surface area (Å²) in [7, 11) is 0. The molecule has 2 heterocycles. The molecule has 0 bridgehead atoms. The molecule has 1 N–H and O–H groups in total. The minimum atomic E-state index is -0.345. The second-order valence-electron chi connectivity index (χ2n) is 6.92. The van der Waals surface area contributed by atoms with Gasteiger partial charge in [-0.25, -0.2) is 0 Å². The number of hydrogen-bond donors (Lipinski definition) is 1. The van der Waals surface area contributed by atoms with E-state index in [-0.39, 0.29) is 11.1 Å². The number of carbonyl (C=O) groups excluding carboxylic acids is 2. The lowest BCUT2D eigenvalue weighted by molar-refractivity contribution is -0.115. The average Bonchev–Trinajstić information content (AvgIpc) is 3.19. The van der Waals surface area contributed by atoms with Crippen LogP contribution in [0.2, 0.25) is 0 Å². The Morgan fingerprint density at radius 3 is 2.40 bits per heavy atom. The number of halogens is 1. The molecule has 0 saturated carbocycles. The van der Waals surface area contributed by atoms with Crippen molar-refractivity contribution in [1.29, 1.82) is 0 Å². The predicted molar refractivity (Wildman–Crippen MR) is 123 cm³/mol. The van der Waals surface area contributed by atoms with Gasteiger partial charge in [0.15, 0.2) is 0 Å². The number of hydrogen-bond acceptors (Lipinski definition) is 4. The Labute approximate surface area is 187 Å². The van der Waals surface area contributed by atoms with Crippen LogP contribution < -0.4 is 10.1 Å². The van der Waals surface area contributed by atoms with E-state index < -0.39 is 0 Å². The predicted octanol–water partition coefficient (Wildman–Crippen LogP) is 5.76. The lowest BCUT2D eigenvalue weighted by Gasteiger charge is -2.11. The second-order valence-corrected chi connectivity index (χ2v) is 8.85. The van der Waals surface area contributed by atoms with Crippen molar-refractivity contribution in [3.8, 4) is 11.4 Å². The number of imide groups is 1. The van der Waals surface area contributed by atoms with E-state index in [0.717, 1.165) is 50.2 Å². The third-order valence-corrected chi connectivity index (χ3v) is 6.15. The Morgan fingerprint density at radius 2 is 1.77 bits per heavy atom. The molecule has 1 fully saturated rings. The van der Waals surface area contributed by atoms with Crippen LogP contribution in [-0.4, -0.2) is 15.7 Å². The van der Waals surface area contributed by atoms with E-state index in [1.807, 2.05) is 68.4 Å². The second kappa shape index (κ2) is 8.53. The summed E-state index contributed by atoms with van der Waals surface area (Å²) in [5.74, 6) is 0.450. The molecule has 2 aromatic carbocycles. The van der Waals surface area contributed by atoms with Crippen molar-refractivity contribution >= 4 is 44.9 Å². The lowest BCUT2D eigenvalue weighted by Crippen LogP contribution is -2.17. The van der Waals surface area contributed by atoms with Gasteiger partial charge in [-0.15, -0.1) is 0 Å². The summed E-state index contributed by atoms with van der Waals surface area (Å²) < 4.78 is 9.04. The lowest BCUT2D eigenvalue weighted by atomic mass is 10.2. The van der Waals surface area contributed by atoms with E-state index in [4.69, 9.17) is 4.74 Å². The van der Waals surface area contributed by atoms with Crippen LogP contribution in [0, 0.1) is 13.8 Å². The van der Waals surface area contributed by atoms with Crippen LogP contribution in [0.5, 0.6) is 5.75 Å². The van der Waals surface area contributed by atoms with E-state index in [0.29, 0.717) is 11.5 Å². The maximum Gasteiger partial charge on any atom is 0.290 e. The fraction of sp³-hybridized carbons (Fsp3) is 0.130. The van der Waals surface area contributed by atoms with Gasteiger partial charge in [0.1, 0.15) is 12.4 Å². The molecular weight excluding hydrogens is 464 g/mol. The van der Waals surface area contributed by atoms with Crippen LogP contribution in [0.25, 0.3) is 11.8 Å². The molecule has 1 aromatic heterocycles. The largest absolute Gasteiger partial charge is 0.489 e. The molecule has 0 radical (unpaired) electrons. The fourth-order valence-corrected chi connectivity index (χ4v) is 4.27. The molecule has 2 amide bonds. The molecular formula is C23H19BrN2O3S. The molecule has 0 aliphatic carbocycles. The number of aromatic nitrogens is 1. The van der Waals surface area contributed by atoms with Crippen LogP contribution in [0.15, 0.2) is 64.0 Å². The maximum atomic E-state index is 11.8. The molecule has 1 aliphatic heterocycles. The fourth-order valence-electron chi connectivity index (χ4n) is 3.33. The monoisotopic (exact) mass is 482 g/mol. The van der Waals surface area contributed by atoms with E-state index in [1.165, 1.54) is 0 Å².